The lowest BCUT2D eigenvalue weighted by molar-refractivity contribution is 0.107. The molecule has 0 heterocycles. The van der Waals surface area contributed by atoms with Crippen LogP contribution in [0.5, 0.6) is 0 Å². The summed E-state index contributed by atoms with van der Waals surface area (Å²) in [5, 5.41) is 0. The number of hydrogen-bond donors (Lipinski definition) is 1. The van der Waals surface area contributed by atoms with Crippen LogP contribution in [-0.4, -0.2) is 30.1 Å². The fourth-order valence-electron chi connectivity index (χ4n) is 2.75. The number of rotatable bonds is 4. The van der Waals surface area contributed by atoms with Crippen molar-refractivity contribution in [2.24, 2.45) is 11.1 Å². The number of nitrogens with two attached hydrogens (primary N) is 1. The molecule has 2 nitrogen and oxygen atoms in total. The molecule has 1 saturated carbocycles. The molecule has 0 atom stereocenters. The van der Waals surface area contributed by atoms with Crippen molar-refractivity contribution in [3.63, 3.8) is 0 Å². The molecule has 0 bridgehead atoms. The van der Waals surface area contributed by atoms with Crippen molar-refractivity contribution in [3.05, 3.63) is 0 Å². The van der Waals surface area contributed by atoms with Crippen LogP contribution in [0.4, 0.5) is 0 Å². The molecule has 0 aromatic heterocycles. The maximum Gasteiger partial charge on any atom is 0.00966 e. The van der Waals surface area contributed by atoms with Crippen molar-refractivity contribution in [1.82, 2.24) is 4.90 Å². The summed E-state index contributed by atoms with van der Waals surface area (Å²) in [5.41, 5.74) is 6.39. The molecule has 0 aliphatic heterocycles. The van der Waals surface area contributed by atoms with Gasteiger partial charge >= 0.3 is 0 Å². The van der Waals surface area contributed by atoms with E-state index in [1.165, 1.54) is 45.2 Å². The minimum absolute atomic E-state index is 0.411. The maximum atomic E-state index is 5.98. The summed E-state index contributed by atoms with van der Waals surface area (Å²) < 4.78 is 0. The van der Waals surface area contributed by atoms with Crippen LogP contribution in [0.3, 0.4) is 0 Å². The van der Waals surface area contributed by atoms with Gasteiger partial charge in [-0.2, -0.15) is 0 Å². The van der Waals surface area contributed by atoms with Gasteiger partial charge in [0.15, 0.2) is 0 Å². The standard InChI is InChI=1S/C14H30N2/c1-5-10-16(11-14(2,3)4)13-8-6-12(15)7-9-13/h12-13H,5-11,15H2,1-4H3. The van der Waals surface area contributed by atoms with Gasteiger partial charge in [-0.1, -0.05) is 27.7 Å². The largest absolute Gasteiger partial charge is 0.328 e. The van der Waals surface area contributed by atoms with Crippen molar-refractivity contribution in [3.8, 4) is 0 Å². The Balaban J connectivity index is 2.49. The van der Waals surface area contributed by atoms with Crippen LogP contribution in [0.1, 0.15) is 59.8 Å². The van der Waals surface area contributed by atoms with E-state index in [4.69, 9.17) is 5.73 Å². The lowest BCUT2D eigenvalue weighted by Crippen LogP contribution is -2.44. The second-order valence-electron chi connectivity index (χ2n) is 6.60. The quantitative estimate of drug-likeness (QED) is 0.798. The minimum Gasteiger partial charge on any atom is -0.328 e. The molecule has 0 radical (unpaired) electrons. The van der Waals surface area contributed by atoms with Gasteiger partial charge < -0.3 is 5.73 Å². The maximum absolute atomic E-state index is 5.98. The second-order valence-corrected chi connectivity index (χ2v) is 6.60. The zero-order valence-corrected chi connectivity index (χ0v) is 11.6. The Morgan fingerprint density at radius 1 is 1.12 bits per heavy atom. The summed E-state index contributed by atoms with van der Waals surface area (Å²) in [6, 6.07) is 1.26. The highest BCUT2D eigenvalue weighted by Gasteiger charge is 2.26. The predicted molar refractivity (Wildman–Crippen MR) is 71.6 cm³/mol. The van der Waals surface area contributed by atoms with E-state index in [1.807, 2.05) is 0 Å². The van der Waals surface area contributed by atoms with Crippen molar-refractivity contribution >= 4 is 0 Å². The molecule has 16 heavy (non-hydrogen) atoms. The smallest absolute Gasteiger partial charge is 0.00966 e. The van der Waals surface area contributed by atoms with Crippen LogP contribution in [0.2, 0.25) is 0 Å². The number of nitrogens with zero attached hydrogens (tertiary/aromatic N) is 1. The van der Waals surface area contributed by atoms with Gasteiger partial charge in [0.05, 0.1) is 0 Å². The van der Waals surface area contributed by atoms with Crippen LogP contribution < -0.4 is 5.73 Å². The molecule has 0 amide bonds. The average Bonchev–Trinajstić information content (AvgIpc) is 2.16. The first kappa shape index (κ1) is 14.0. The first-order valence-corrected chi connectivity index (χ1v) is 6.92. The Morgan fingerprint density at radius 3 is 2.12 bits per heavy atom. The van der Waals surface area contributed by atoms with Gasteiger partial charge in [0, 0.05) is 18.6 Å². The Labute approximate surface area is 102 Å². The van der Waals surface area contributed by atoms with Crippen molar-refractivity contribution < 1.29 is 0 Å². The normalized spacial score (nSPS) is 27.4. The molecule has 0 aromatic carbocycles. The van der Waals surface area contributed by atoms with E-state index in [1.54, 1.807) is 0 Å². The van der Waals surface area contributed by atoms with Gasteiger partial charge in [0.2, 0.25) is 0 Å². The topological polar surface area (TPSA) is 29.3 Å². The third-order valence-electron chi connectivity index (χ3n) is 3.45. The average molecular weight is 226 g/mol. The fraction of sp³-hybridized carbons (Fsp3) is 1.00. The summed E-state index contributed by atoms with van der Waals surface area (Å²) in [5.74, 6) is 0. The fourth-order valence-corrected chi connectivity index (χ4v) is 2.75. The highest BCUT2D eigenvalue weighted by atomic mass is 15.2. The lowest BCUT2D eigenvalue weighted by Gasteiger charge is -2.39. The van der Waals surface area contributed by atoms with Crippen molar-refractivity contribution in [1.29, 1.82) is 0 Å². The molecule has 0 saturated heterocycles. The SMILES string of the molecule is CCCN(CC(C)(C)C)C1CCC(N)CC1. The summed E-state index contributed by atoms with van der Waals surface area (Å²) in [4.78, 5) is 2.70. The Kier molecular flexibility index (Phi) is 5.26. The summed E-state index contributed by atoms with van der Waals surface area (Å²) >= 11 is 0. The van der Waals surface area contributed by atoms with Gasteiger partial charge in [-0.25, -0.2) is 0 Å². The van der Waals surface area contributed by atoms with Gasteiger partial charge in [-0.15, -0.1) is 0 Å². The summed E-state index contributed by atoms with van der Waals surface area (Å²) in [6.07, 6.45) is 6.30. The van der Waals surface area contributed by atoms with E-state index in [-0.39, 0.29) is 0 Å². The molecule has 1 aliphatic rings. The van der Waals surface area contributed by atoms with E-state index in [0.29, 0.717) is 11.5 Å². The third kappa shape index (κ3) is 4.84. The van der Waals surface area contributed by atoms with Crippen molar-refractivity contribution in [2.75, 3.05) is 13.1 Å². The summed E-state index contributed by atoms with van der Waals surface area (Å²) in [7, 11) is 0. The minimum atomic E-state index is 0.411. The first-order chi connectivity index (χ1) is 7.42. The predicted octanol–water partition coefficient (Wildman–Crippen LogP) is 3.01. The van der Waals surface area contributed by atoms with Gasteiger partial charge in [0.25, 0.3) is 0 Å². The molecule has 2 heteroatoms. The molecule has 1 rings (SSSR count). The highest BCUT2D eigenvalue weighted by Crippen LogP contribution is 2.25. The van der Waals surface area contributed by atoms with Gasteiger partial charge in [0.1, 0.15) is 0 Å². The second kappa shape index (κ2) is 6.02. The van der Waals surface area contributed by atoms with E-state index in [2.05, 4.69) is 32.6 Å². The van der Waals surface area contributed by atoms with Gasteiger partial charge in [-0.05, 0) is 44.1 Å². The Bertz CT molecular complexity index is 187. The molecule has 0 unspecified atom stereocenters. The van der Waals surface area contributed by atoms with Gasteiger partial charge in [-0.3, -0.25) is 4.90 Å². The van der Waals surface area contributed by atoms with Crippen molar-refractivity contribution in [2.45, 2.75) is 71.9 Å². The summed E-state index contributed by atoms with van der Waals surface area (Å²) in [6.45, 7) is 11.8. The third-order valence-corrected chi connectivity index (χ3v) is 3.45. The first-order valence-electron chi connectivity index (χ1n) is 6.92. The molecular weight excluding hydrogens is 196 g/mol. The molecule has 96 valence electrons. The molecule has 2 N–H and O–H groups in total. The highest BCUT2D eigenvalue weighted by molar-refractivity contribution is 4.83. The molecule has 0 aromatic rings. The van der Waals surface area contributed by atoms with E-state index in [0.717, 1.165) is 6.04 Å². The van der Waals surface area contributed by atoms with E-state index in [9.17, 15) is 0 Å². The van der Waals surface area contributed by atoms with E-state index >= 15 is 0 Å². The zero-order chi connectivity index (χ0) is 12.2. The lowest BCUT2D eigenvalue weighted by atomic mass is 9.88. The van der Waals surface area contributed by atoms with Crippen LogP contribution >= 0.6 is 0 Å². The Hall–Kier alpha value is -0.0800. The Morgan fingerprint density at radius 2 is 1.69 bits per heavy atom. The monoisotopic (exact) mass is 226 g/mol. The zero-order valence-electron chi connectivity index (χ0n) is 11.6. The number of hydrogen-bond acceptors (Lipinski definition) is 2. The van der Waals surface area contributed by atoms with Crippen LogP contribution in [-0.2, 0) is 0 Å². The molecule has 1 fully saturated rings. The van der Waals surface area contributed by atoms with Crippen LogP contribution in [0, 0.1) is 5.41 Å². The molecule has 1 aliphatic carbocycles. The van der Waals surface area contributed by atoms with Crippen LogP contribution in [0.25, 0.3) is 0 Å². The molecular formula is C14H30N2. The molecule has 0 spiro atoms. The van der Waals surface area contributed by atoms with Crippen LogP contribution in [0.15, 0.2) is 0 Å². The van der Waals surface area contributed by atoms with E-state index < -0.39 is 0 Å².